The molecule has 0 saturated carbocycles. The number of likely N-dealkylation sites (tertiary alicyclic amines) is 1. The highest BCUT2D eigenvalue weighted by molar-refractivity contribution is 4.71. The minimum atomic E-state index is 0.714. The highest BCUT2D eigenvalue weighted by Crippen LogP contribution is 2.18. The molecule has 0 amide bonds. The van der Waals surface area contributed by atoms with Crippen LogP contribution in [0.2, 0.25) is 0 Å². The smallest absolute Gasteiger partial charge is 0.00387 e. The summed E-state index contributed by atoms with van der Waals surface area (Å²) in [7, 11) is 2.24. The van der Waals surface area contributed by atoms with Crippen molar-refractivity contribution in [1.29, 1.82) is 0 Å². The third kappa shape index (κ3) is 5.86. The minimum absolute atomic E-state index is 0.714. The topological polar surface area (TPSA) is 15.3 Å². The van der Waals surface area contributed by atoms with E-state index in [0.29, 0.717) is 6.04 Å². The quantitative estimate of drug-likeness (QED) is 0.718. The third-order valence-corrected chi connectivity index (χ3v) is 3.87. The lowest BCUT2D eigenvalue weighted by atomic mass is 9.94. The van der Waals surface area contributed by atoms with Gasteiger partial charge in [-0.25, -0.2) is 0 Å². The van der Waals surface area contributed by atoms with Gasteiger partial charge in [-0.1, -0.05) is 19.8 Å². The molecule has 0 radical (unpaired) electrons. The number of nitrogens with one attached hydrogen (secondary N) is 1. The van der Waals surface area contributed by atoms with Gasteiger partial charge in [0.15, 0.2) is 0 Å². The van der Waals surface area contributed by atoms with Gasteiger partial charge in [0.2, 0.25) is 0 Å². The van der Waals surface area contributed by atoms with Crippen molar-refractivity contribution in [3.8, 4) is 0 Å². The summed E-state index contributed by atoms with van der Waals surface area (Å²) in [5.74, 6) is 0.974. The summed E-state index contributed by atoms with van der Waals surface area (Å²) in [6.45, 7) is 8.42. The summed E-state index contributed by atoms with van der Waals surface area (Å²) in [6.07, 6.45) is 8.21. The molecule has 1 saturated heterocycles. The Balaban J connectivity index is 1.98. The SMILES string of the molecule is CCCCC(C)NCCC1CCN(C)CC1. The molecule has 0 spiro atoms. The fourth-order valence-electron chi connectivity index (χ4n) is 2.50. The standard InChI is InChI=1S/C14H30N2/c1-4-5-6-13(2)15-10-7-14-8-11-16(3)12-9-14/h13-15H,4-12H2,1-3H3. The minimum Gasteiger partial charge on any atom is -0.314 e. The van der Waals surface area contributed by atoms with Crippen molar-refractivity contribution in [3.63, 3.8) is 0 Å². The number of hydrogen-bond donors (Lipinski definition) is 1. The average molecular weight is 226 g/mol. The zero-order valence-corrected chi connectivity index (χ0v) is 11.5. The molecular weight excluding hydrogens is 196 g/mol. The highest BCUT2D eigenvalue weighted by Gasteiger charge is 2.16. The van der Waals surface area contributed by atoms with Crippen LogP contribution >= 0.6 is 0 Å². The lowest BCUT2D eigenvalue weighted by Gasteiger charge is -2.29. The van der Waals surface area contributed by atoms with Gasteiger partial charge in [-0.3, -0.25) is 0 Å². The summed E-state index contributed by atoms with van der Waals surface area (Å²) in [5, 5.41) is 3.66. The molecule has 1 N–H and O–H groups in total. The van der Waals surface area contributed by atoms with Crippen molar-refractivity contribution < 1.29 is 0 Å². The Morgan fingerprint density at radius 2 is 2.00 bits per heavy atom. The molecule has 0 bridgehead atoms. The van der Waals surface area contributed by atoms with Crippen LogP contribution < -0.4 is 5.32 Å². The maximum Gasteiger partial charge on any atom is 0.00387 e. The van der Waals surface area contributed by atoms with Crippen molar-refractivity contribution in [3.05, 3.63) is 0 Å². The molecule has 0 aromatic carbocycles. The molecular formula is C14H30N2. The molecule has 1 fully saturated rings. The Hall–Kier alpha value is -0.0800. The van der Waals surface area contributed by atoms with Crippen LogP contribution in [-0.2, 0) is 0 Å². The molecule has 1 unspecified atom stereocenters. The van der Waals surface area contributed by atoms with Gasteiger partial charge in [0.05, 0.1) is 0 Å². The summed E-state index contributed by atoms with van der Waals surface area (Å²) in [4.78, 5) is 2.45. The van der Waals surface area contributed by atoms with E-state index in [1.54, 1.807) is 0 Å². The van der Waals surface area contributed by atoms with E-state index in [4.69, 9.17) is 0 Å². The highest BCUT2D eigenvalue weighted by atomic mass is 15.1. The molecule has 0 aromatic heterocycles. The predicted molar refractivity (Wildman–Crippen MR) is 71.8 cm³/mol. The maximum atomic E-state index is 3.66. The first-order valence-electron chi connectivity index (χ1n) is 7.14. The second-order valence-electron chi connectivity index (χ2n) is 5.53. The molecule has 96 valence electrons. The number of hydrogen-bond acceptors (Lipinski definition) is 2. The van der Waals surface area contributed by atoms with E-state index in [2.05, 4.69) is 31.1 Å². The number of piperidine rings is 1. The second-order valence-corrected chi connectivity index (χ2v) is 5.53. The molecule has 0 aliphatic carbocycles. The van der Waals surface area contributed by atoms with Crippen LogP contribution in [0.5, 0.6) is 0 Å². The van der Waals surface area contributed by atoms with Crippen molar-refractivity contribution in [2.24, 2.45) is 5.92 Å². The Bertz CT molecular complexity index is 162. The van der Waals surface area contributed by atoms with E-state index in [1.165, 1.54) is 58.2 Å². The lowest BCUT2D eigenvalue weighted by Crippen LogP contribution is -2.33. The fourth-order valence-corrected chi connectivity index (χ4v) is 2.50. The van der Waals surface area contributed by atoms with Crippen LogP contribution in [0.4, 0.5) is 0 Å². The van der Waals surface area contributed by atoms with E-state index >= 15 is 0 Å². The van der Waals surface area contributed by atoms with Crippen molar-refractivity contribution in [2.45, 2.75) is 58.4 Å². The third-order valence-electron chi connectivity index (χ3n) is 3.87. The normalized spacial score (nSPS) is 21.2. The number of rotatable bonds is 7. The summed E-state index contributed by atoms with van der Waals surface area (Å²) in [5.41, 5.74) is 0. The van der Waals surface area contributed by atoms with Crippen molar-refractivity contribution in [2.75, 3.05) is 26.7 Å². The van der Waals surface area contributed by atoms with Gasteiger partial charge in [-0.15, -0.1) is 0 Å². The largest absolute Gasteiger partial charge is 0.314 e. The van der Waals surface area contributed by atoms with E-state index < -0.39 is 0 Å². The molecule has 1 atom stereocenters. The molecule has 1 heterocycles. The Labute approximate surface area is 102 Å². The van der Waals surface area contributed by atoms with Gasteiger partial charge in [0.1, 0.15) is 0 Å². The lowest BCUT2D eigenvalue weighted by molar-refractivity contribution is 0.210. The fraction of sp³-hybridized carbons (Fsp3) is 1.00. The summed E-state index contributed by atoms with van der Waals surface area (Å²) >= 11 is 0. The van der Waals surface area contributed by atoms with Gasteiger partial charge >= 0.3 is 0 Å². The van der Waals surface area contributed by atoms with E-state index in [0.717, 1.165) is 5.92 Å². The van der Waals surface area contributed by atoms with Crippen LogP contribution in [-0.4, -0.2) is 37.6 Å². The van der Waals surface area contributed by atoms with Crippen LogP contribution in [0.15, 0.2) is 0 Å². The van der Waals surface area contributed by atoms with E-state index in [9.17, 15) is 0 Å². The first-order valence-corrected chi connectivity index (χ1v) is 7.14. The van der Waals surface area contributed by atoms with E-state index in [-0.39, 0.29) is 0 Å². The summed E-state index contributed by atoms with van der Waals surface area (Å²) in [6, 6.07) is 0.714. The number of nitrogens with zero attached hydrogens (tertiary/aromatic N) is 1. The molecule has 0 aromatic rings. The van der Waals surface area contributed by atoms with Crippen LogP contribution in [0.25, 0.3) is 0 Å². The zero-order chi connectivity index (χ0) is 11.8. The number of unbranched alkanes of at least 4 members (excludes halogenated alkanes) is 1. The molecule has 2 nitrogen and oxygen atoms in total. The van der Waals surface area contributed by atoms with Gasteiger partial charge in [0, 0.05) is 6.04 Å². The predicted octanol–water partition coefficient (Wildman–Crippen LogP) is 2.89. The first-order chi connectivity index (χ1) is 7.72. The molecule has 1 rings (SSSR count). The molecule has 16 heavy (non-hydrogen) atoms. The second kappa shape index (κ2) is 8.08. The van der Waals surface area contributed by atoms with Gasteiger partial charge in [0.25, 0.3) is 0 Å². The van der Waals surface area contributed by atoms with Gasteiger partial charge in [-0.2, -0.15) is 0 Å². The van der Waals surface area contributed by atoms with Crippen LogP contribution in [0.3, 0.4) is 0 Å². The van der Waals surface area contributed by atoms with Crippen LogP contribution in [0.1, 0.15) is 52.4 Å². The Morgan fingerprint density at radius 3 is 2.62 bits per heavy atom. The van der Waals surface area contributed by atoms with Crippen molar-refractivity contribution >= 4 is 0 Å². The molecule has 1 aliphatic rings. The molecule has 2 heteroatoms. The van der Waals surface area contributed by atoms with Crippen molar-refractivity contribution in [1.82, 2.24) is 10.2 Å². The van der Waals surface area contributed by atoms with Crippen LogP contribution in [0, 0.1) is 5.92 Å². The Morgan fingerprint density at radius 1 is 1.31 bits per heavy atom. The first kappa shape index (κ1) is 14.0. The zero-order valence-electron chi connectivity index (χ0n) is 11.5. The van der Waals surface area contributed by atoms with Gasteiger partial charge in [-0.05, 0) is 65.2 Å². The average Bonchev–Trinajstić information content (AvgIpc) is 2.29. The van der Waals surface area contributed by atoms with E-state index in [1.807, 2.05) is 0 Å². The maximum absolute atomic E-state index is 3.66. The monoisotopic (exact) mass is 226 g/mol. The molecule has 1 aliphatic heterocycles. The summed E-state index contributed by atoms with van der Waals surface area (Å²) < 4.78 is 0. The van der Waals surface area contributed by atoms with Gasteiger partial charge < -0.3 is 10.2 Å². The Kier molecular flexibility index (Phi) is 7.06.